The number of anilines is 1. The van der Waals surface area contributed by atoms with Crippen LogP contribution in [0.4, 0.5) is 5.69 Å². The van der Waals surface area contributed by atoms with E-state index in [1.807, 2.05) is 6.07 Å². The lowest BCUT2D eigenvalue weighted by Gasteiger charge is -2.21. The Bertz CT molecular complexity index is 428. The van der Waals surface area contributed by atoms with Gasteiger partial charge < -0.3 is 10.1 Å². The lowest BCUT2D eigenvalue weighted by molar-refractivity contribution is -0.129. The number of hydrogen-bond acceptors (Lipinski definition) is 3. The van der Waals surface area contributed by atoms with E-state index in [1.165, 1.54) is 0 Å². The fourth-order valence-electron chi connectivity index (χ4n) is 1.80. The molecule has 2 rings (SSSR count). The van der Waals surface area contributed by atoms with Crippen LogP contribution in [-0.2, 0) is 9.53 Å². The summed E-state index contributed by atoms with van der Waals surface area (Å²) in [5, 5.41) is 11.4. The molecule has 1 aromatic rings. The van der Waals surface area contributed by atoms with Crippen LogP contribution in [-0.4, -0.2) is 18.6 Å². The third kappa shape index (κ3) is 3.05. The first kappa shape index (κ1) is 11.6. The van der Waals surface area contributed by atoms with Crippen molar-refractivity contribution in [1.29, 1.82) is 5.26 Å². The normalized spacial score (nSPS) is 19.4. The molecule has 1 saturated heterocycles. The highest BCUT2D eigenvalue weighted by Crippen LogP contribution is 2.15. The Morgan fingerprint density at radius 2 is 2.12 bits per heavy atom. The Kier molecular flexibility index (Phi) is 3.73. The highest BCUT2D eigenvalue weighted by molar-refractivity contribution is 5.94. The molecule has 1 aliphatic rings. The molecule has 1 atom stereocenters. The predicted molar refractivity (Wildman–Crippen MR) is 63.4 cm³/mol. The van der Waals surface area contributed by atoms with Gasteiger partial charge >= 0.3 is 0 Å². The Morgan fingerprint density at radius 3 is 2.71 bits per heavy atom. The highest BCUT2D eigenvalue weighted by Gasteiger charge is 2.21. The van der Waals surface area contributed by atoms with Crippen molar-refractivity contribution < 1.29 is 9.53 Å². The van der Waals surface area contributed by atoms with Gasteiger partial charge in [-0.2, -0.15) is 5.26 Å². The van der Waals surface area contributed by atoms with E-state index in [1.54, 1.807) is 24.3 Å². The number of nitriles is 1. The molecular weight excluding hydrogens is 216 g/mol. The molecule has 0 spiro atoms. The van der Waals surface area contributed by atoms with Crippen molar-refractivity contribution in [1.82, 2.24) is 0 Å². The summed E-state index contributed by atoms with van der Waals surface area (Å²) in [5.74, 6) is -0.102. The molecule has 1 N–H and O–H groups in total. The molecule has 0 radical (unpaired) electrons. The van der Waals surface area contributed by atoms with Crippen molar-refractivity contribution in [3.63, 3.8) is 0 Å². The number of benzene rings is 1. The summed E-state index contributed by atoms with van der Waals surface area (Å²) in [6.07, 6.45) is 2.51. The van der Waals surface area contributed by atoms with Gasteiger partial charge in [0.1, 0.15) is 6.10 Å². The fraction of sp³-hybridized carbons (Fsp3) is 0.385. The van der Waals surface area contributed by atoms with Crippen molar-refractivity contribution in [3.8, 4) is 6.07 Å². The molecule has 0 saturated carbocycles. The smallest absolute Gasteiger partial charge is 0.253 e. The molecule has 0 aromatic heterocycles. The maximum absolute atomic E-state index is 11.8. The van der Waals surface area contributed by atoms with Crippen molar-refractivity contribution in [2.24, 2.45) is 0 Å². The average Bonchev–Trinajstić information content (AvgIpc) is 2.40. The SMILES string of the molecule is N#Cc1ccc(NC(=O)C2CCCCO2)cc1. The number of hydrogen-bond donors (Lipinski definition) is 1. The van der Waals surface area contributed by atoms with Gasteiger partial charge in [0.2, 0.25) is 0 Å². The minimum Gasteiger partial charge on any atom is -0.368 e. The van der Waals surface area contributed by atoms with Crippen molar-refractivity contribution in [2.45, 2.75) is 25.4 Å². The Hall–Kier alpha value is -1.86. The number of carbonyl (C=O) groups is 1. The molecule has 17 heavy (non-hydrogen) atoms. The first-order valence-electron chi connectivity index (χ1n) is 5.72. The highest BCUT2D eigenvalue weighted by atomic mass is 16.5. The van der Waals surface area contributed by atoms with E-state index in [0.717, 1.165) is 19.3 Å². The van der Waals surface area contributed by atoms with E-state index >= 15 is 0 Å². The summed E-state index contributed by atoms with van der Waals surface area (Å²) in [5.41, 5.74) is 1.28. The molecule has 1 heterocycles. The van der Waals surface area contributed by atoms with E-state index in [-0.39, 0.29) is 12.0 Å². The summed E-state index contributed by atoms with van der Waals surface area (Å²) in [7, 11) is 0. The van der Waals surface area contributed by atoms with Crippen LogP contribution < -0.4 is 5.32 Å². The first-order chi connectivity index (χ1) is 8.29. The van der Waals surface area contributed by atoms with Crippen molar-refractivity contribution in [3.05, 3.63) is 29.8 Å². The largest absolute Gasteiger partial charge is 0.368 e. The van der Waals surface area contributed by atoms with Crippen LogP contribution in [0.2, 0.25) is 0 Å². The van der Waals surface area contributed by atoms with Gasteiger partial charge in [-0.25, -0.2) is 0 Å². The molecule has 1 fully saturated rings. The Balaban J connectivity index is 1.95. The second-order valence-corrected chi connectivity index (χ2v) is 4.03. The summed E-state index contributed by atoms with van der Waals surface area (Å²) >= 11 is 0. The summed E-state index contributed by atoms with van der Waals surface area (Å²) in [6, 6.07) is 8.83. The van der Waals surface area contributed by atoms with Crippen LogP contribution in [0.1, 0.15) is 24.8 Å². The van der Waals surface area contributed by atoms with E-state index in [0.29, 0.717) is 17.9 Å². The molecule has 1 unspecified atom stereocenters. The number of nitrogens with one attached hydrogen (secondary N) is 1. The van der Waals surface area contributed by atoms with Gasteiger partial charge in [-0.3, -0.25) is 4.79 Å². The first-order valence-corrected chi connectivity index (χ1v) is 5.72. The Morgan fingerprint density at radius 1 is 1.35 bits per heavy atom. The monoisotopic (exact) mass is 230 g/mol. The van der Waals surface area contributed by atoms with E-state index < -0.39 is 0 Å². The van der Waals surface area contributed by atoms with E-state index in [4.69, 9.17) is 10.00 Å². The summed E-state index contributed by atoms with van der Waals surface area (Å²) < 4.78 is 5.39. The van der Waals surface area contributed by atoms with Gasteiger partial charge in [0.05, 0.1) is 11.6 Å². The second kappa shape index (κ2) is 5.46. The van der Waals surface area contributed by atoms with E-state index in [2.05, 4.69) is 5.32 Å². The zero-order valence-electron chi connectivity index (χ0n) is 9.48. The molecule has 1 aliphatic heterocycles. The molecule has 4 nitrogen and oxygen atoms in total. The van der Waals surface area contributed by atoms with Gasteiger partial charge in [-0.15, -0.1) is 0 Å². The third-order valence-corrected chi connectivity index (χ3v) is 2.75. The number of ether oxygens (including phenoxy) is 1. The summed E-state index contributed by atoms with van der Waals surface area (Å²) in [6.45, 7) is 0.658. The topological polar surface area (TPSA) is 62.1 Å². The van der Waals surface area contributed by atoms with Gasteiger partial charge in [0, 0.05) is 12.3 Å². The van der Waals surface area contributed by atoms with E-state index in [9.17, 15) is 4.79 Å². The molecular formula is C13H14N2O2. The predicted octanol–water partition coefficient (Wildman–Crippen LogP) is 2.07. The molecule has 0 bridgehead atoms. The third-order valence-electron chi connectivity index (χ3n) is 2.75. The quantitative estimate of drug-likeness (QED) is 0.845. The average molecular weight is 230 g/mol. The van der Waals surface area contributed by atoms with Gasteiger partial charge in [-0.1, -0.05) is 0 Å². The van der Waals surface area contributed by atoms with Gasteiger partial charge in [0.15, 0.2) is 0 Å². The van der Waals surface area contributed by atoms with Crippen LogP contribution >= 0.6 is 0 Å². The molecule has 0 aliphatic carbocycles. The number of nitrogens with zero attached hydrogens (tertiary/aromatic N) is 1. The summed E-state index contributed by atoms with van der Waals surface area (Å²) in [4.78, 5) is 11.8. The zero-order valence-corrected chi connectivity index (χ0v) is 9.48. The van der Waals surface area contributed by atoms with Crippen LogP contribution in [0.15, 0.2) is 24.3 Å². The maximum Gasteiger partial charge on any atom is 0.253 e. The van der Waals surface area contributed by atoms with Crippen LogP contribution in [0.25, 0.3) is 0 Å². The van der Waals surface area contributed by atoms with Crippen molar-refractivity contribution >= 4 is 11.6 Å². The minimum absolute atomic E-state index is 0.102. The lowest BCUT2D eigenvalue weighted by Crippen LogP contribution is -2.33. The minimum atomic E-state index is -0.334. The number of carbonyl (C=O) groups excluding carboxylic acids is 1. The van der Waals surface area contributed by atoms with Crippen LogP contribution in [0, 0.1) is 11.3 Å². The van der Waals surface area contributed by atoms with Crippen LogP contribution in [0.3, 0.4) is 0 Å². The number of rotatable bonds is 2. The van der Waals surface area contributed by atoms with Gasteiger partial charge in [-0.05, 0) is 43.5 Å². The second-order valence-electron chi connectivity index (χ2n) is 4.03. The standard InChI is InChI=1S/C13H14N2O2/c14-9-10-4-6-11(7-5-10)15-13(16)12-3-1-2-8-17-12/h4-7,12H,1-3,8H2,(H,15,16). The zero-order chi connectivity index (χ0) is 12.1. The molecule has 1 amide bonds. The van der Waals surface area contributed by atoms with Crippen molar-refractivity contribution in [2.75, 3.05) is 11.9 Å². The molecule has 4 heteroatoms. The van der Waals surface area contributed by atoms with Gasteiger partial charge in [0.25, 0.3) is 5.91 Å². The number of amides is 1. The van der Waals surface area contributed by atoms with Crippen LogP contribution in [0.5, 0.6) is 0 Å². The lowest BCUT2D eigenvalue weighted by atomic mass is 10.1. The maximum atomic E-state index is 11.8. The Labute approximate surface area is 100 Å². The molecule has 1 aromatic carbocycles. The fourth-order valence-corrected chi connectivity index (χ4v) is 1.80. The molecule has 88 valence electrons.